The number of ketones is 2. The molecule has 0 spiro atoms. The maximum Gasteiger partial charge on any atom is 0.175 e. The van der Waals surface area contributed by atoms with E-state index in [0.717, 1.165) is 16.7 Å². The van der Waals surface area contributed by atoms with Crippen LogP contribution in [-0.2, 0) is 5.41 Å². The minimum atomic E-state index is -0.767. The summed E-state index contributed by atoms with van der Waals surface area (Å²) in [6.07, 6.45) is 1.29. The van der Waals surface area contributed by atoms with E-state index < -0.39 is 5.41 Å². The molecule has 0 radical (unpaired) electrons. The van der Waals surface area contributed by atoms with Crippen molar-refractivity contribution in [2.24, 2.45) is 5.92 Å². The van der Waals surface area contributed by atoms with Gasteiger partial charge in [0, 0.05) is 17.0 Å². The Bertz CT molecular complexity index is 965. The van der Waals surface area contributed by atoms with Crippen LogP contribution in [0.4, 0.5) is 0 Å². The number of hydrogen-bond donors (Lipinski definition) is 0. The Hall–Kier alpha value is -2.48. The quantitative estimate of drug-likeness (QED) is 0.652. The van der Waals surface area contributed by atoms with Crippen molar-refractivity contribution >= 4 is 11.6 Å². The van der Waals surface area contributed by atoms with Gasteiger partial charge >= 0.3 is 0 Å². The molecule has 2 aromatic carbocycles. The second-order valence-corrected chi connectivity index (χ2v) is 8.01. The van der Waals surface area contributed by atoms with Gasteiger partial charge in [0.05, 0.1) is 5.41 Å². The topological polar surface area (TPSA) is 34.1 Å². The summed E-state index contributed by atoms with van der Waals surface area (Å²) in [5.74, 6) is -0.0765. The van der Waals surface area contributed by atoms with Crippen LogP contribution in [0.2, 0.25) is 0 Å². The number of fused-ring (bicyclic) bond motifs is 2. The van der Waals surface area contributed by atoms with Crippen LogP contribution in [0.25, 0.3) is 0 Å². The molecule has 2 aromatic rings. The first-order valence-corrected chi connectivity index (χ1v) is 9.27. The van der Waals surface area contributed by atoms with Crippen molar-refractivity contribution in [3.8, 4) is 0 Å². The first-order valence-electron chi connectivity index (χ1n) is 9.27. The minimum absolute atomic E-state index is 0.109. The number of Topliss-reactive ketones (excluding diaryl/α,β-unsaturated/α-hetero) is 2. The molecule has 0 heterocycles. The predicted octanol–water partition coefficient (Wildman–Crippen LogP) is 5.37. The molecule has 0 bridgehead atoms. The van der Waals surface area contributed by atoms with Gasteiger partial charge in [-0.05, 0) is 69.4 Å². The highest BCUT2D eigenvalue weighted by Crippen LogP contribution is 2.52. The molecule has 26 heavy (non-hydrogen) atoms. The number of hydrogen-bond acceptors (Lipinski definition) is 2. The van der Waals surface area contributed by atoms with E-state index in [2.05, 4.69) is 13.8 Å². The van der Waals surface area contributed by atoms with Crippen LogP contribution in [0.1, 0.15) is 64.1 Å². The summed E-state index contributed by atoms with van der Waals surface area (Å²) in [4.78, 5) is 27.4. The molecule has 2 aliphatic rings. The van der Waals surface area contributed by atoms with Crippen molar-refractivity contribution in [2.45, 2.75) is 46.0 Å². The van der Waals surface area contributed by atoms with Crippen LogP contribution in [-0.4, -0.2) is 11.6 Å². The molecule has 0 saturated heterocycles. The van der Waals surface area contributed by atoms with Gasteiger partial charge in [-0.2, -0.15) is 0 Å². The Balaban J connectivity index is 2.03. The fraction of sp³-hybridized carbons (Fsp3) is 0.333. The van der Waals surface area contributed by atoms with Gasteiger partial charge in [0.25, 0.3) is 0 Å². The molecule has 132 valence electrons. The highest BCUT2D eigenvalue weighted by molar-refractivity contribution is 6.20. The summed E-state index contributed by atoms with van der Waals surface area (Å²) in [7, 11) is 0. The molecule has 2 atom stereocenters. The van der Waals surface area contributed by atoms with E-state index >= 15 is 0 Å². The van der Waals surface area contributed by atoms with Crippen molar-refractivity contribution in [3.05, 3.63) is 81.4 Å². The summed E-state index contributed by atoms with van der Waals surface area (Å²) >= 11 is 0. The number of carbonyl (C=O) groups is 2. The van der Waals surface area contributed by atoms with E-state index in [9.17, 15) is 9.59 Å². The lowest BCUT2D eigenvalue weighted by Gasteiger charge is -2.46. The summed E-state index contributed by atoms with van der Waals surface area (Å²) < 4.78 is 0. The van der Waals surface area contributed by atoms with Crippen LogP contribution >= 0.6 is 0 Å². The first-order chi connectivity index (χ1) is 12.4. The van der Waals surface area contributed by atoms with Gasteiger partial charge in [-0.15, -0.1) is 0 Å². The van der Waals surface area contributed by atoms with Crippen molar-refractivity contribution in [1.82, 2.24) is 0 Å². The van der Waals surface area contributed by atoms with Crippen LogP contribution in [0.3, 0.4) is 0 Å². The molecule has 2 heteroatoms. The molecule has 0 saturated carbocycles. The third-order valence-electron chi connectivity index (χ3n) is 6.53. The average Bonchev–Trinajstić information content (AvgIpc) is 2.64. The monoisotopic (exact) mass is 344 g/mol. The van der Waals surface area contributed by atoms with Gasteiger partial charge in [-0.3, -0.25) is 9.59 Å². The molecule has 2 unspecified atom stereocenters. The molecule has 0 aromatic heterocycles. The summed E-state index contributed by atoms with van der Waals surface area (Å²) in [6, 6.07) is 13.8. The number of rotatable bonds is 1. The molecular weight excluding hydrogens is 320 g/mol. The SMILES string of the molecule is CC1=C(C)CC2(c3ccccc3)C(=O)c3cc(C)c(C)cc3C(=O)C2C1. The Morgan fingerprint density at radius 2 is 1.46 bits per heavy atom. The van der Waals surface area contributed by atoms with E-state index in [1.165, 1.54) is 11.1 Å². The number of aryl methyl sites for hydroxylation is 2. The number of benzene rings is 2. The van der Waals surface area contributed by atoms with Gasteiger partial charge in [0.1, 0.15) is 0 Å². The van der Waals surface area contributed by atoms with Crippen molar-refractivity contribution in [1.29, 1.82) is 0 Å². The summed E-state index contributed by atoms with van der Waals surface area (Å²) in [6.45, 7) is 8.20. The normalized spacial score (nSPS) is 25.2. The summed E-state index contributed by atoms with van der Waals surface area (Å²) in [5, 5.41) is 0. The zero-order chi connectivity index (χ0) is 18.6. The maximum atomic E-state index is 13.9. The maximum absolute atomic E-state index is 13.9. The number of allylic oxidation sites excluding steroid dienone is 2. The lowest BCUT2D eigenvalue weighted by atomic mass is 9.53. The van der Waals surface area contributed by atoms with Crippen molar-refractivity contribution in [2.75, 3.05) is 0 Å². The lowest BCUT2D eigenvalue weighted by molar-refractivity contribution is 0.0661. The molecular formula is C24H24O2. The van der Waals surface area contributed by atoms with Crippen LogP contribution in [0.15, 0.2) is 53.6 Å². The van der Waals surface area contributed by atoms with Gasteiger partial charge in [-0.1, -0.05) is 41.5 Å². The van der Waals surface area contributed by atoms with E-state index in [0.29, 0.717) is 24.0 Å². The Labute approximate surface area is 154 Å². The number of carbonyl (C=O) groups excluding carboxylic acids is 2. The third kappa shape index (κ3) is 2.18. The largest absolute Gasteiger partial charge is 0.294 e. The molecule has 2 nitrogen and oxygen atoms in total. The molecule has 2 aliphatic carbocycles. The highest BCUT2D eigenvalue weighted by Gasteiger charge is 2.56. The molecule has 0 N–H and O–H groups in total. The molecule has 0 amide bonds. The second kappa shape index (κ2) is 5.77. The first kappa shape index (κ1) is 17.0. The van der Waals surface area contributed by atoms with E-state index in [1.807, 2.05) is 56.3 Å². The summed E-state index contributed by atoms with van der Waals surface area (Å²) in [5.41, 5.74) is 6.03. The Morgan fingerprint density at radius 1 is 0.846 bits per heavy atom. The van der Waals surface area contributed by atoms with Gasteiger partial charge < -0.3 is 0 Å². The average molecular weight is 344 g/mol. The highest BCUT2D eigenvalue weighted by atomic mass is 16.1. The van der Waals surface area contributed by atoms with Gasteiger partial charge in [0.2, 0.25) is 0 Å². The zero-order valence-electron chi connectivity index (χ0n) is 15.8. The van der Waals surface area contributed by atoms with Crippen LogP contribution in [0, 0.1) is 19.8 Å². The third-order valence-corrected chi connectivity index (χ3v) is 6.53. The molecule has 4 rings (SSSR count). The van der Waals surface area contributed by atoms with Crippen LogP contribution in [0.5, 0.6) is 0 Å². The lowest BCUT2D eigenvalue weighted by Crippen LogP contribution is -2.52. The van der Waals surface area contributed by atoms with E-state index in [-0.39, 0.29) is 17.5 Å². The Morgan fingerprint density at radius 3 is 2.12 bits per heavy atom. The Kier molecular flexibility index (Phi) is 3.76. The fourth-order valence-corrected chi connectivity index (χ4v) is 4.71. The molecule has 0 aliphatic heterocycles. The smallest absolute Gasteiger partial charge is 0.175 e. The van der Waals surface area contributed by atoms with Gasteiger partial charge in [-0.25, -0.2) is 0 Å². The fourth-order valence-electron chi connectivity index (χ4n) is 4.71. The predicted molar refractivity (Wildman–Crippen MR) is 104 cm³/mol. The zero-order valence-corrected chi connectivity index (χ0v) is 15.8. The van der Waals surface area contributed by atoms with Crippen molar-refractivity contribution < 1.29 is 9.59 Å². The van der Waals surface area contributed by atoms with Gasteiger partial charge in [0.15, 0.2) is 11.6 Å². The molecule has 0 fully saturated rings. The second-order valence-electron chi connectivity index (χ2n) is 8.01. The minimum Gasteiger partial charge on any atom is -0.294 e. The van der Waals surface area contributed by atoms with Crippen molar-refractivity contribution in [3.63, 3.8) is 0 Å². The van der Waals surface area contributed by atoms with E-state index in [1.54, 1.807) is 0 Å². The standard InChI is InChI=1S/C24H24O2/c1-14-10-19-20(11-15(14)2)23(26)24(18-8-6-5-7-9-18)13-17(4)16(3)12-21(24)22(19)25/h5-11,21H,12-13H2,1-4H3. The van der Waals surface area contributed by atoms with Crippen LogP contribution < -0.4 is 0 Å². The van der Waals surface area contributed by atoms with E-state index in [4.69, 9.17) is 0 Å².